The molecule has 5 aromatic carbocycles. The Morgan fingerprint density at radius 1 is 0.712 bits per heavy atom. The van der Waals surface area contributed by atoms with E-state index in [1.165, 1.54) is 25.2 Å². The summed E-state index contributed by atoms with van der Waals surface area (Å²) in [6.07, 6.45) is 6.54. The first kappa shape index (κ1) is 31.5. The molecular weight excluding hydrogens is 866 g/mol. The Balaban J connectivity index is 1.24. The number of hydrogen-bond donors (Lipinski definition) is 0. The van der Waals surface area contributed by atoms with Gasteiger partial charge >= 0.3 is 0 Å². The van der Waals surface area contributed by atoms with Crippen LogP contribution in [0.25, 0.3) is 83.5 Å². The van der Waals surface area contributed by atoms with E-state index in [0.29, 0.717) is 0 Å². The summed E-state index contributed by atoms with van der Waals surface area (Å²) in [5, 5.41) is 5.86. The van der Waals surface area contributed by atoms with Crippen molar-refractivity contribution in [3.8, 4) is 17.1 Å². The monoisotopic (exact) mass is 896 g/mol. The molecule has 0 atom stereocenters. The molecule has 5 heterocycles. The van der Waals surface area contributed by atoms with E-state index >= 15 is 0 Å². The van der Waals surface area contributed by atoms with Crippen molar-refractivity contribution in [3.63, 3.8) is 0 Å². The van der Waals surface area contributed by atoms with Crippen molar-refractivity contribution in [2.75, 3.05) is 0 Å². The summed E-state index contributed by atoms with van der Waals surface area (Å²) < 4.78 is 20.2. The van der Waals surface area contributed by atoms with Gasteiger partial charge in [-0.2, -0.15) is 0 Å². The summed E-state index contributed by atoms with van der Waals surface area (Å²) in [6.45, 7) is 2.09. The number of hydrogen-bond acceptors (Lipinski definition) is 3. The quantitative estimate of drug-likeness (QED) is 0.162. The fraction of sp³-hybridized carbons (Fsp3) is 0.0222. The second-order valence-electron chi connectivity index (χ2n) is 12.6. The van der Waals surface area contributed by atoms with Gasteiger partial charge < -0.3 is 4.42 Å². The lowest BCUT2D eigenvalue weighted by molar-refractivity contribution is 0.669. The fourth-order valence-corrected chi connectivity index (χ4v) is 11.2. The lowest BCUT2D eigenvalue weighted by Gasteiger charge is -2.13. The minimum absolute atomic E-state index is 0.461. The van der Waals surface area contributed by atoms with Crippen LogP contribution >= 0.6 is 41.5 Å². The first-order chi connectivity index (χ1) is 25.7. The molecule has 0 N–H and O–H groups in total. The SMILES string of the molecule is C=Ic1c(/C=C\C)n(-c2cccc(-c3ccc4oc5ccccc5c4c3)n2)c2c1ccc1c2c2ccccc2n1C1=NC(c2ccccc2)=CC=I1. The standard InChI is InChI=1S/C45H30I2N4O/c1-3-12-38-43(46-2)32-22-23-37-42(31-16-7-9-18-36(31)50(37)45-47-26-25-35(49-45)28-13-5-4-6-14-28)44(32)51(38)41-20-11-17-34(48-41)29-21-24-40-33(27-29)30-15-8-10-19-39(30)52-40/h3-27H,2H2,1H3/b12-3-. The Kier molecular flexibility index (Phi) is 7.72. The number of fused-ring (bicyclic) bond motifs is 8. The van der Waals surface area contributed by atoms with Gasteiger partial charge in [-0.3, -0.25) is 9.13 Å². The topological polar surface area (TPSA) is 48.2 Å². The first-order valence-electron chi connectivity index (χ1n) is 17.0. The molecule has 7 heteroatoms. The largest absolute Gasteiger partial charge is 0.456 e. The molecule has 0 aliphatic carbocycles. The number of rotatable bonds is 5. The normalized spacial score (nSPS) is 13.5. The molecule has 0 radical (unpaired) electrons. The summed E-state index contributed by atoms with van der Waals surface area (Å²) >= 11 is -0.981. The lowest BCUT2D eigenvalue weighted by Crippen LogP contribution is -2.07. The van der Waals surface area contributed by atoms with E-state index in [1.807, 2.05) is 12.1 Å². The maximum atomic E-state index is 6.14. The van der Waals surface area contributed by atoms with Crippen LogP contribution in [0, 0.1) is 3.57 Å². The number of benzene rings is 5. The minimum atomic E-state index is -0.520. The number of nitrogens with zero attached hydrogens (tertiary/aromatic N) is 4. The highest BCUT2D eigenvalue weighted by Gasteiger charge is 2.24. The average molecular weight is 897 g/mol. The molecule has 0 saturated carbocycles. The van der Waals surface area contributed by atoms with Crippen LogP contribution in [0.4, 0.5) is 0 Å². The summed E-state index contributed by atoms with van der Waals surface area (Å²) in [6, 6.07) is 44.8. The predicted molar refractivity (Wildman–Crippen MR) is 239 cm³/mol. The van der Waals surface area contributed by atoms with Crippen LogP contribution in [0.3, 0.4) is 0 Å². The van der Waals surface area contributed by atoms with Crippen LogP contribution in [0.15, 0.2) is 149 Å². The third kappa shape index (κ3) is 4.93. The number of halogens is 2. The Morgan fingerprint density at radius 3 is 2.38 bits per heavy atom. The molecular formula is C45H30I2N4O. The van der Waals surface area contributed by atoms with Gasteiger partial charge in [-0.1, -0.05) is 104 Å². The molecule has 52 heavy (non-hydrogen) atoms. The molecule has 10 rings (SSSR count). The van der Waals surface area contributed by atoms with Crippen LogP contribution in [-0.2, 0) is 0 Å². The average Bonchev–Trinajstić information content (AvgIpc) is 3.85. The highest BCUT2D eigenvalue weighted by Crippen LogP contribution is 2.42. The van der Waals surface area contributed by atoms with Crippen LogP contribution < -0.4 is 0 Å². The Morgan fingerprint density at radius 2 is 1.52 bits per heavy atom. The maximum absolute atomic E-state index is 6.14. The molecule has 0 spiro atoms. The van der Waals surface area contributed by atoms with Crippen LogP contribution in [0.1, 0.15) is 18.2 Å². The lowest BCUT2D eigenvalue weighted by atomic mass is 10.1. The Bertz CT molecular complexity index is 3050. The molecule has 1 aliphatic rings. The van der Waals surface area contributed by atoms with E-state index in [4.69, 9.17) is 14.4 Å². The molecule has 0 saturated heterocycles. The van der Waals surface area contributed by atoms with Crippen LogP contribution in [-0.4, -0.2) is 26.5 Å². The van der Waals surface area contributed by atoms with E-state index in [0.717, 1.165) is 70.8 Å². The molecule has 0 fully saturated rings. The van der Waals surface area contributed by atoms with Gasteiger partial charge in [0.1, 0.15) is 17.0 Å². The molecule has 1 aliphatic heterocycles. The van der Waals surface area contributed by atoms with Crippen molar-refractivity contribution in [2.24, 2.45) is 4.99 Å². The Labute approximate surface area is 319 Å². The highest BCUT2D eigenvalue weighted by atomic mass is 127. The fourth-order valence-electron chi connectivity index (χ4n) is 7.46. The smallest absolute Gasteiger partial charge is 0.171 e. The van der Waals surface area contributed by atoms with Gasteiger partial charge in [-0.25, -0.2) is 9.98 Å². The molecule has 4 aromatic heterocycles. The Hall–Kier alpha value is -5.26. The zero-order valence-corrected chi connectivity index (χ0v) is 32.4. The van der Waals surface area contributed by atoms with Gasteiger partial charge in [0.25, 0.3) is 0 Å². The molecule has 0 unspecified atom stereocenters. The van der Waals surface area contributed by atoms with Crippen LogP contribution in [0.5, 0.6) is 0 Å². The highest BCUT2D eigenvalue weighted by molar-refractivity contribution is 14.2. The minimum Gasteiger partial charge on any atom is -0.456 e. The van der Waals surface area contributed by atoms with E-state index in [-0.39, 0.29) is 0 Å². The zero-order valence-electron chi connectivity index (χ0n) is 28.1. The van der Waals surface area contributed by atoms with Gasteiger partial charge in [-0.15, -0.1) is 0 Å². The van der Waals surface area contributed by atoms with Crippen molar-refractivity contribution in [1.82, 2.24) is 14.1 Å². The van der Waals surface area contributed by atoms with Crippen molar-refractivity contribution in [2.45, 2.75) is 6.92 Å². The second kappa shape index (κ2) is 12.8. The van der Waals surface area contributed by atoms with E-state index in [2.05, 4.69) is 158 Å². The maximum Gasteiger partial charge on any atom is 0.171 e. The molecule has 0 bridgehead atoms. The van der Waals surface area contributed by atoms with Gasteiger partial charge in [0.15, 0.2) is 3.84 Å². The summed E-state index contributed by atoms with van der Waals surface area (Å²) in [7, 11) is 0. The number of furan rings is 1. The van der Waals surface area contributed by atoms with Crippen molar-refractivity contribution < 1.29 is 4.42 Å². The van der Waals surface area contributed by atoms with Crippen molar-refractivity contribution in [3.05, 3.63) is 154 Å². The van der Waals surface area contributed by atoms with Gasteiger partial charge in [0.05, 0.1) is 33.6 Å². The summed E-state index contributed by atoms with van der Waals surface area (Å²) in [4.78, 5) is 10.7. The van der Waals surface area contributed by atoms with Crippen LogP contribution in [0.2, 0.25) is 0 Å². The number of allylic oxidation sites excluding steroid dienone is 2. The van der Waals surface area contributed by atoms with Gasteiger partial charge in [-0.05, 0) is 98.4 Å². The number of pyridine rings is 1. The molecule has 250 valence electrons. The van der Waals surface area contributed by atoms with E-state index < -0.39 is 41.5 Å². The molecule has 5 nitrogen and oxygen atoms in total. The summed E-state index contributed by atoms with van der Waals surface area (Å²) in [5.74, 6) is 0.880. The first-order valence-corrected chi connectivity index (χ1v) is 22.0. The van der Waals surface area contributed by atoms with Gasteiger partial charge in [0.2, 0.25) is 0 Å². The third-order valence-electron chi connectivity index (χ3n) is 9.68. The van der Waals surface area contributed by atoms with Crippen molar-refractivity contribution in [1.29, 1.82) is 0 Å². The van der Waals surface area contributed by atoms with E-state index in [1.54, 1.807) is 0 Å². The molecule has 9 aromatic rings. The number of para-hydroxylation sites is 2. The van der Waals surface area contributed by atoms with Crippen molar-refractivity contribution >= 4 is 120 Å². The van der Waals surface area contributed by atoms with Gasteiger partial charge in [0, 0.05) is 41.6 Å². The summed E-state index contributed by atoms with van der Waals surface area (Å²) in [5.41, 5.74) is 10.5. The third-order valence-corrected chi connectivity index (χ3v) is 13.6. The molecule has 0 amide bonds. The number of aromatic nitrogens is 3. The van der Waals surface area contributed by atoms with E-state index in [9.17, 15) is 0 Å². The second-order valence-corrected chi connectivity index (χ2v) is 16.7. The predicted octanol–water partition coefficient (Wildman–Crippen LogP) is 12.3. The number of aliphatic imine (C=N–C) groups is 1. The zero-order chi connectivity index (χ0) is 34.8.